The van der Waals surface area contributed by atoms with E-state index in [1.807, 2.05) is 52.2 Å². The van der Waals surface area contributed by atoms with Gasteiger partial charge < -0.3 is 14.6 Å². The summed E-state index contributed by atoms with van der Waals surface area (Å²) in [6, 6.07) is 11.0. The molecule has 5 heteroatoms. The van der Waals surface area contributed by atoms with Crippen molar-refractivity contribution in [2.24, 2.45) is 0 Å². The molecule has 1 amide bonds. The van der Waals surface area contributed by atoms with Gasteiger partial charge in [-0.05, 0) is 43.2 Å². The fourth-order valence-corrected chi connectivity index (χ4v) is 1.97. The van der Waals surface area contributed by atoms with E-state index in [4.69, 9.17) is 4.42 Å². The van der Waals surface area contributed by atoms with Crippen LogP contribution in [-0.4, -0.2) is 20.0 Å². The smallest absolute Gasteiger partial charge is 0.266 e. The Kier molecular flexibility index (Phi) is 4.87. The number of furan rings is 1. The first-order valence-electron chi connectivity index (χ1n) is 7.18. The number of benzene rings is 1. The van der Waals surface area contributed by atoms with Crippen LogP contribution in [0.1, 0.15) is 16.9 Å². The second-order valence-corrected chi connectivity index (χ2v) is 5.49. The Morgan fingerprint density at radius 3 is 2.52 bits per heavy atom. The molecule has 0 unspecified atom stereocenters. The number of carbonyl (C=O) groups is 1. The van der Waals surface area contributed by atoms with E-state index in [1.54, 1.807) is 17.0 Å². The molecule has 1 heterocycles. The van der Waals surface area contributed by atoms with Crippen molar-refractivity contribution in [2.75, 3.05) is 24.3 Å². The summed E-state index contributed by atoms with van der Waals surface area (Å²) in [6.45, 7) is 3.97. The van der Waals surface area contributed by atoms with E-state index in [1.165, 1.54) is 6.08 Å². The van der Waals surface area contributed by atoms with E-state index in [9.17, 15) is 10.1 Å². The molecule has 0 aliphatic heterocycles. The number of rotatable bonds is 4. The summed E-state index contributed by atoms with van der Waals surface area (Å²) >= 11 is 0. The van der Waals surface area contributed by atoms with Crippen molar-refractivity contribution in [1.82, 2.24) is 0 Å². The van der Waals surface area contributed by atoms with Crippen molar-refractivity contribution < 1.29 is 9.21 Å². The Morgan fingerprint density at radius 1 is 1.22 bits per heavy atom. The Morgan fingerprint density at radius 2 is 1.96 bits per heavy atom. The van der Waals surface area contributed by atoms with Crippen LogP contribution in [0.3, 0.4) is 0 Å². The molecule has 0 saturated heterocycles. The number of aryl methyl sites for hydroxylation is 2. The van der Waals surface area contributed by atoms with Crippen molar-refractivity contribution in [3.05, 3.63) is 52.8 Å². The maximum atomic E-state index is 12.2. The number of nitrogens with one attached hydrogen (secondary N) is 1. The van der Waals surface area contributed by atoms with E-state index < -0.39 is 5.91 Å². The summed E-state index contributed by atoms with van der Waals surface area (Å²) in [6.07, 6.45) is 1.43. The SMILES string of the molecule is Cc1ccc(NC(=O)/C(C#N)=C/c2ccc(N(C)C)o2)cc1C. The van der Waals surface area contributed by atoms with Crippen LogP contribution in [0.2, 0.25) is 0 Å². The van der Waals surface area contributed by atoms with Gasteiger partial charge in [0.2, 0.25) is 0 Å². The lowest BCUT2D eigenvalue weighted by Crippen LogP contribution is -2.13. The number of hydrogen-bond acceptors (Lipinski definition) is 4. The van der Waals surface area contributed by atoms with Gasteiger partial charge in [-0.1, -0.05) is 6.07 Å². The van der Waals surface area contributed by atoms with Gasteiger partial charge in [0, 0.05) is 31.9 Å². The van der Waals surface area contributed by atoms with Crippen molar-refractivity contribution in [3.63, 3.8) is 0 Å². The normalized spacial score (nSPS) is 11.0. The minimum atomic E-state index is -0.460. The number of nitriles is 1. The van der Waals surface area contributed by atoms with Gasteiger partial charge in [-0.25, -0.2) is 0 Å². The fourth-order valence-electron chi connectivity index (χ4n) is 1.97. The third kappa shape index (κ3) is 4.01. The first kappa shape index (κ1) is 16.4. The van der Waals surface area contributed by atoms with E-state index in [2.05, 4.69) is 5.32 Å². The molecule has 23 heavy (non-hydrogen) atoms. The van der Waals surface area contributed by atoms with Gasteiger partial charge >= 0.3 is 0 Å². The molecule has 0 spiro atoms. The standard InChI is InChI=1S/C18H19N3O2/c1-12-5-6-15(9-13(12)2)20-18(22)14(11-19)10-16-7-8-17(23-16)21(3)4/h5-10H,1-4H3,(H,20,22)/b14-10+. The maximum Gasteiger partial charge on any atom is 0.266 e. The Bertz CT molecular complexity index is 795. The van der Waals surface area contributed by atoms with Crippen LogP contribution in [0.15, 0.2) is 40.3 Å². The monoisotopic (exact) mass is 309 g/mol. The molecule has 1 aromatic carbocycles. The average Bonchev–Trinajstić information content (AvgIpc) is 2.97. The van der Waals surface area contributed by atoms with Crippen molar-refractivity contribution in [3.8, 4) is 6.07 Å². The summed E-state index contributed by atoms with van der Waals surface area (Å²) in [4.78, 5) is 14.0. The second-order valence-electron chi connectivity index (χ2n) is 5.49. The Hall–Kier alpha value is -3.00. The van der Waals surface area contributed by atoms with E-state index in [0.717, 1.165) is 11.1 Å². The van der Waals surface area contributed by atoms with Gasteiger partial charge in [-0.3, -0.25) is 4.79 Å². The summed E-state index contributed by atoms with van der Waals surface area (Å²) in [5, 5.41) is 11.9. The molecule has 0 atom stereocenters. The zero-order valence-electron chi connectivity index (χ0n) is 13.7. The number of hydrogen-bond donors (Lipinski definition) is 1. The van der Waals surface area contributed by atoms with Gasteiger partial charge in [0.05, 0.1) is 0 Å². The third-order valence-electron chi connectivity index (χ3n) is 3.47. The highest BCUT2D eigenvalue weighted by atomic mass is 16.4. The highest BCUT2D eigenvalue weighted by Crippen LogP contribution is 2.19. The van der Waals surface area contributed by atoms with E-state index in [-0.39, 0.29) is 5.57 Å². The van der Waals surface area contributed by atoms with Gasteiger partial charge in [-0.15, -0.1) is 0 Å². The summed E-state index contributed by atoms with van der Waals surface area (Å²) in [5.74, 6) is 0.655. The van der Waals surface area contributed by atoms with Crippen molar-refractivity contribution >= 4 is 23.6 Å². The predicted molar refractivity (Wildman–Crippen MR) is 91.2 cm³/mol. The molecule has 118 valence electrons. The molecule has 0 saturated carbocycles. The second kappa shape index (κ2) is 6.84. The van der Waals surface area contributed by atoms with Crippen LogP contribution in [0.4, 0.5) is 11.6 Å². The number of carbonyl (C=O) groups excluding carboxylic acids is 1. The predicted octanol–water partition coefficient (Wildman–Crippen LogP) is 3.51. The topological polar surface area (TPSA) is 69.3 Å². The molecule has 2 aromatic rings. The van der Waals surface area contributed by atoms with Crippen LogP contribution in [0.5, 0.6) is 0 Å². The van der Waals surface area contributed by atoms with Crippen LogP contribution < -0.4 is 10.2 Å². The van der Waals surface area contributed by atoms with Crippen LogP contribution in [-0.2, 0) is 4.79 Å². The Labute approximate surface area is 135 Å². The van der Waals surface area contributed by atoms with Crippen LogP contribution in [0.25, 0.3) is 6.08 Å². The van der Waals surface area contributed by atoms with Gasteiger partial charge in [0.1, 0.15) is 17.4 Å². The molecular weight excluding hydrogens is 290 g/mol. The highest BCUT2D eigenvalue weighted by molar-refractivity contribution is 6.09. The zero-order chi connectivity index (χ0) is 17.0. The molecule has 5 nitrogen and oxygen atoms in total. The first-order chi connectivity index (χ1) is 10.9. The first-order valence-corrected chi connectivity index (χ1v) is 7.18. The minimum absolute atomic E-state index is 0.0112. The van der Waals surface area contributed by atoms with Crippen molar-refractivity contribution in [1.29, 1.82) is 5.26 Å². The highest BCUT2D eigenvalue weighted by Gasteiger charge is 2.11. The molecule has 0 radical (unpaired) electrons. The third-order valence-corrected chi connectivity index (χ3v) is 3.47. The average molecular weight is 309 g/mol. The number of anilines is 2. The number of amides is 1. The largest absolute Gasteiger partial charge is 0.441 e. The molecule has 1 aromatic heterocycles. The quantitative estimate of drug-likeness (QED) is 0.693. The van der Waals surface area contributed by atoms with Gasteiger partial charge in [-0.2, -0.15) is 5.26 Å². The fraction of sp³-hybridized carbons (Fsp3) is 0.222. The summed E-state index contributed by atoms with van der Waals surface area (Å²) in [7, 11) is 3.70. The van der Waals surface area contributed by atoms with Gasteiger partial charge in [0.15, 0.2) is 5.88 Å². The summed E-state index contributed by atoms with van der Waals surface area (Å²) in [5.41, 5.74) is 2.87. The van der Waals surface area contributed by atoms with E-state index >= 15 is 0 Å². The molecule has 0 aliphatic carbocycles. The molecular formula is C18H19N3O2. The summed E-state index contributed by atoms with van der Waals surface area (Å²) < 4.78 is 5.53. The van der Waals surface area contributed by atoms with Gasteiger partial charge in [0.25, 0.3) is 5.91 Å². The molecule has 0 fully saturated rings. The number of nitrogens with zero attached hydrogens (tertiary/aromatic N) is 2. The van der Waals surface area contributed by atoms with Crippen molar-refractivity contribution in [2.45, 2.75) is 13.8 Å². The van der Waals surface area contributed by atoms with Crippen LogP contribution in [0, 0.1) is 25.2 Å². The maximum absolute atomic E-state index is 12.2. The lowest BCUT2D eigenvalue weighted by atomic mass is 10.1. The lowest BCUT2D eigenvalue weighted by Gasteiger charge is -2.07. The minimum Gasteiger partial charge on any atom is -0.441 e. The molecule has 0 bridgehead atoms. The van der Waals surface area contributed by atoms with E-state index in [0.29, 0.717) is 17.3 Å². The molecule has 2 rings (SSSR count). The molecule has 0 aliphatic rings. The zero-order valence-corrected chi connectivity index (χ0v) is 13.7. The molecule has 1 N–H and O–H groups in total. The Balaban J connectivity index is 2.19. The lowest BCUT2D eigenvalue weighted by molar-refractivity contribution is -0.112. The van der Waals surface area contributed by atoms with Crippen LogP contribution >= 0.6 is 0 Å².